The molecule has 1 aromatic carbocycles. The maximum absolute atomic E-state index is 12.1. The molecule has 0 aromatic heterocycles. The van der Waals surface area contributed by atoms with Gasteiger partial charge in [0.2, 0.25) is 5.91 Å². The Labute approximate surface area is 115 Å². The smallest absolute Gasteiger partial charge is 0.252 e. The number of nitrogens with two attached hydrogens (primary N) is 1. The highest BCUT2D eigenvalue weighted by Crippen LogP contribution is 2.19. The summed E-state index contributed by atoms with van der Waals surface area (Å²) in [5, 5.41) is 2.79. The van der Waals surface area contributed by atoms with Crippen LogP contribution in [0.25, 0.3) is 0 Å². The van der Waals surface area contributed by atoms with E-state index < -0.39 is 11.4 Å². The molecule has 1 rings (SSSR count). The number of carbonyl (C=O) groups is 2. The summed E-state index contributed by atoms with van der Waals surface area (Å²) in [5.41, 5.74) is 6.09. The van der Waals surface area contributed by atoms with Gasteiger partial charge in [-0.1, -0.05) is 6.07 Å². The second kappa shape index (κ2) is 5.52. The van der Waals surface area contributed by atoms with E-state index in [2.05, 4.69) is 21.2 Å². The minimum atomic E-state index is -0.659. The highest BCUT2D eigenvalue weighted by atomic mass is 79.9. The van der Waals surface area contributed by atoms with Crippen LogP contribution in [0.1, 0.15) is 36.2 Å². The number of aryl methyl sites for hydroxylation is 1. The van der Waals surface area contributed by atoms with E-state index in [9.17, 15) is 9.59 Å². The van der Waals surface area contributed by atoms with Crippen LogP contribution >= 0.6 is 15.9 Å². The van der Waals surface area contributed by atoms with Crippen molar-refractivity contribution in [3.8, 4) is 0 Å². The first-order valence-electron chi connectivity index (χ1n) is 5.58. The van der Waals surface area contributed by atoms with Crippen molar-refractivity contribution in [1.29, 1.82) is 0 Å². The first-order valence-corrected chi connectivity index (χ1v) is 6.37. The lowest BCUT2D eigenvalue weighted by atomic mass is 9.99. The lowest BCUT2D eigenvalue weighted by Gasteiger charge is -2.25. The second-order valence-electron chi connectivity index (χ2n) is 4.96. The van der Waals surface area contributed by atoms with E-state index >= 15 is 0 Å². The molecule has 0 radical (unpaired) electrons. The van der Waals surface area contributed by atoms with Crippen LogP contribution in [0.2, 0.25) is 0 Å². The van der Waals surface area contributed by atoms with Crippen molar-refractivity contribution < 1.29 is 9.59 Å². The van der Waals surface area contributed by atoms with Gasteiger partial charge in [0.05, 0.1) is 5.56 Å². The molecule has 0 unspecified atom stereocenters. The number of hydrogen-bond donors (Lipinski definition) is 2. The molecule has 0 aliphatic rings. The van der Waals surface area contributed by atoms with Crippen LogP contribution in [0.3, 0.4) is 0 Å². The van der Waals surface area contributed by atoms with Crippen molar-refractivity contribution >= 4 is 27.7 Å². The number of hydrogen-bond acceptors (Lipinski definition) is 2. The zero-order valence-corrected chi connectivity index (χ0v) is 12.3. The quantitative estimate of drug-likeness (QED) is 0.894. The number of rotatable bonds is 4. The molecule has 0 atom stereocenters. The molecule has 0 aliphatic heterocycles. The van der Waals surface area contributed by atoms with E-state index in [-0.39, 0.29) is 12.3 Å². The van der Waals surface area contributed by atoms with E-state index in [0.29, 0.717) is 5.56 Å². The molecule has 0 saturated heterocycles. The van der Waals surface area contributed by atoms with Gasteiger partial charge in [-0.2, -0.15) is 0 Å². The van der Waals surface area contributed by atoms with Crippen molar-refractivity contribution in [2.24, 2.45) is 5.73 Å². The highest BCUT2D eigenvalue weighted by molar-refractivity contribution is 9.10. The first-order chi connectivity index (χ1) is 8.21. The number of halogens is 1. The Bertz CT molecular complexity index is 484. The van der Waals surface area contributed by atoms with Gasteiger partial charge in [0.25, 0.3) is 5.91 Å². The third-order valence-corrected chi connectivity index (χ3v) is 3.09. The van der Waals surface area contributed by atoms with Crippen LogP contribution in [0.15, 0.2) is 22.7 Å². The second-order valence-corrected chi connectivity index (χ2v) is 5.82. The lowest BCUT2D eigenvalue weighted by Crippen LogP contribution is -2.46. The summed E-state index contributed by atoms with van der Waals surface area (Å²) in [7, 11) is 0. The van der Waals surface area contributed by atoms with E-state index in [1.807, 2.05) is 19.1 Å². The van der Waals surface area contributed by atoms with Crippen molar-refractivity contribution in [2.75, 3.05) is 0 Å². The van der Waals surface area contributed by atoms with Gasteiger partial charge in [-0.05, 0) is 54.4 Å². The van der Waals surface area contributed by atoms with Crippen LogP contribution in [0.4, 0.5) is 0 Å². The minimum absolute atomic E-state index is 0.0994. The summed E-state index contributed by atoms with van der Waals surface area (Å²) in [4.78, 5) is 23.0. The average molecular weight is 313 g/mol. The van der Waals surface area contributed by atoms with Crippen molar-refractivity contribution in [1.82, 2.24) is 5.32 Å². The van der Waals surface area contributed by atoms with Crippen LogP contribution in [0, 0.1) is 6.92 Å². The normalized spacial score (nSPS) is 11.1. The van der Waals surface area contributed by atoms with Crippen LogP contribution in [-0.4, -0.2) is 17.4 Å². The Hall–Kier alpha value is -1.36. The van der Waals surface area contributed by atoms with Gasteiger partial charge in [-0.3, -0.25) is 9.59 Å². The molecule has 4 nitrogen and oxygen atoms in total. The third kappa shape index (κ3) is 4.14. The van der Waals surface area contributed by atoms with Gasteiger partial charge in [0.1, 0.15) is 0 Å². The number of primary amides is 1. The first kappa shape index (κ1) is 14.7. The fourth-order valence-electron chi connectivity index (χ4n) is 1.66. The molecular formula is C13H17BrN2O2. The molecular weight excluding hydrogens is 296 g/mol. The van der Waals surface area contributed by atoms with Crippen molar-refractivity contribution in [3.63, 3.8) is 0 Å². The molecule has 0 saturated carbocycles. The van der Waals surface area contributed by atoms with Crippen molar-refractivity contribution in [2.45, 2.75) is 32.7 Å². The van der Waals surface area contributed by atoms with Gasteiger partial charge in [-0.25, -0.2) is 0 Å². The summed E-state index contributed by atoms with van der Waals surface area (Å²) < 4.78 is 0.731. The Balaban J connectivity index is 2.85. The van der Waals surface area contributed by atoms with Crippen molar-refractivity contribution in [3.05, 3.63) is 33.8 Å². The SMILES string of the molecule is Cc1ccc(C(=O)NC(C)(C)CC(N)=O)c(Br)c1. The van der Waals surface area contributed by atoms with E-state index in [1.165, 1.54) is 0 Å². The topological polar surface area (TPSA) is 72.2 Å². The predicted molar refractivity (Wildman–Crippen MR) is 74.2 cm³/mol. The zero-order valence-electron chi connectivity index (χ0n) is 10.7. The average Bonchev–Trinajstić information content (AvgIpc) is 2.13. The Morgan fingerprint density at radius 3 is 2.50 bits per heavy atom. The summed E-state index contributed by atoms with van der Waals surface area (Å²) in [6.45, 7) is 5.47. The third-order valence-electron chi connectivity index (χ3n) is 2.44. The van der Waals surface area contributed by atoms with Gasteiger partial charge < -0.3 is 11.1 Å². The number of benzene rings is 1. The summed E-state index contributed by atoms with van der Waals surface area (Å²) in [6.07, 6.45) is 0.0994. The molecule has 0 spiro atoms. The summed E-state index contributed by atoms with van der Waals surface area (Å²) >= 11 is 3.35. The molecule has 0 fully saturated rings. The van der Waals surface area contributed by atoms with Gasteiger partial charge in [-0.15, -0.1) is 0 Å². The molecule has 5 heteroatoms. The predicted octanol–water partition coefficient (Wildman–Crippen LogP) is 2.14. The molecule has 2 amide bonds. The fraction of sp³-hybridized carbons (Fsp3) is 0.385. The van der Waals surface area contributed by atoms with Gasteiger partial charge >= 0.3 is 0 Å². The summed E-state index contributed by atoms with van der Waals surface area (Å²) in [5.74, 6) is -0.670. The Kier molecular flexibility index (Phi) is 4.51. The molecule has 98 valence electrons. The maximum Gasteiger partial charge on any atom is 0.252 e. The molecule has 0 aliphatic carbocycles. The molecule has 18 heavy (non-hydrogen) atoms. The van der Waals surface area contributed by atoms with Gasteiger partial charge in [0, 0.05) is 16.4 Å². The zero-order chi connectivity index (χ0) is 13.9. The number of amides is 2. The largest absolute Gasteiger partial charge is 0.370 e. The lowest BCUT2D eigenvalue weighted by molar-refractivity contribution is -0.119. The van der Waals surface area contributed by atoms with E-state index in [4.69, 9.17) is 5.73 Å². The highest BCUT2D eigenvalue weighted by Gasteiger charge is 2.24. The maximum atomic E-state index is 12.1. The monoisotopic (exact) mass is 312 g/mol. The van der Waals surface area contributed by atoms with E-state index in [1.54, 1.807) is 19.9 Å². The van der Waals surface area contributed by atoms with E-state index in [0.717, 1.165) is 10.0 Å². The minimum Gasteiger partial charge on any atom is -0.370 e. The molecule has 3 N–H and O–H groups in total. The molecule has 0 heterocycles. The van der Waals surface area contributed by atoms with Crippen LogP contribution < -0.4 is 11.1 Å². The number of carbonyl (C=O) groups excluding carboxylic acids is 2. The Morgan fingerprint density at radius 2 is 2.00 bits per heavy atom. The van der Waals surface area contributed by atoms with Crippen LogP contribution in [0.5, 0.6) is 0 Å². The van der Waals surface area contributed by atoms with Crippen LogP contribution in [-0.2, 0) is 4.79 Å². The molecule has 1 aromatic rings. The Morgan fingerprint density at radius 1 is 1.39 bits per heavy atom. The standard InChI is InChI=1S/C13H17BrN2O2/c1-8-4-5-9(10(14)6-8)12(18)16-13(2,3)7-11(15)17/h4-6H,7H2,1-3H3,(H2,15,17)(H,16,18). The molecule has 0 bridgehead atoms. The summed E-state index contributed by atoms with van der Waals surface area (Å²) in [6, 6.07) is 5.48. The number of nitrogens with one attached hydrogen (secondary N) is 1. The fourth-order valence-corrected chi connectivity index (χ4v) is 2.33. The van der Waals surface area contributed by atoms with Gasteiger partial charge in [0.15, 0.2) is 0 Å².